The van der Waals surface area contributed by atoms with Gasteiger partial charge in [0.1, 0.15) is 5.75 Å². The Morgan fingerprint density at radius 2 is 1.78 bits per heavy atom. The van der Waals surface area contributed by atoms with Crippen LogP contribution in [-0.4, -0.2) is 49.1 Å². The van der Waals surface area contributed by atoms with Gasteiger partial charge in [-0.25, -0.2) is 4.79 Å². The van der Waals surface area contributed by atoms with Crippen molar-refractivity contribution >= 4 is 11.7 Å². The Kier molecular flexibility index (Phi) is 6.35. The first-order valence-corrected chi connectivity index (χ1v) is 9.60. The van der Waals surface area contributed by atoms with E-state index in [1.54, 1.807) is 7.11 Å². The smallest absolute Gasteiger partial charge is 0.321 e. The maximum absolute atomic E-state index is 12.7. The van der Waals surface area contributed by atoms with Crippen molar-refractivity contribution in [3.05, 3.63) is 59.2 Å². The fourth-order valence-electron chi connectivity index (χ4n) is 3.49. The molecule has 1 N–H and O–H groups in total. The van der Waals surface area contributed by atoms with E-state index in [-0.39, 0.29) is 6.03 Å². The molecule has 1 heterocycles. The zero-order valence-corrected chi connectivity index (χ0v) is 16.5. The number of hydrogen-bond donors (Lipinski definition) is 1. The number of piperazine rings is 1. The topological polar surface area (TPSA) is 44.8 Å². The van der Waals surface area contributed by atoms with Crippen molar-refractivity contribution in [3.63, 3.8) is 0 Å². The number of urea groups is 1. The molecule has 144 valence electrons. The van der Waals surface area contributed by atoms with E-state index in [4.69, 9.17) is 4.74 Å². The fraction of sp³-hybridized carbons (Fsp3) is 0.409. The summed E-state index contributed by atoms with van der Waals surface area (Å²) in [5.41, 5.74) is 4.52. The molecule has 0 unspecified atom stereocenters. The van der Waals surface area contributed by atoms with E-state index in [0.717, 1.165) is 56.1 Å². The maximum atomic E-state index is 12.7. The van der Waals surface area contributed by atoms with Crippen LogP contribution in [0.2, 0.25) is 0 Å². The summed E-state index contributed by atoms with van der Waals surface area (Å²) in [6, 6.07) is 14.4. The minimum Gasteiger partial charge on any atom is -0.497 e. The van der Waals surface area contributed by atoms with Gasteiger partial charge in [-0.2, -0.15) is 0 Å². The molecule has 2 amide bonds. The third-order valence-electron chi connectivity index (χ3n) is 5.20. The number of hydrogen-bond acceptors (Lipinski definition) is 3. The van der Waals surface area contributed by atoms with Crippen LogP contribution in [0.25, 0.3) is 0 Å². The summed E-state index contributed by atoms with van der Waals surface area (Å²) in [6.07, 6.45) is 0.910. The zero-order chi connectivity index (χ0) is 19.2. The average Bonchev–Trinajstić information content (AvgIpc) is 2.70. The number of carbonyl (C=O) groups is 1. The summed E-state index contributed by atoms with van der Waals surface area (Å²) in [6.45, 7) is 8.31. The van der Waals surface area contributed by atoms with Crippen LogP contribution >= 0.6 is 0 Å². The normalized spacial score (nSPS) is 14.9. The Bertz CT molecular complexity index is 766. The molecule has 0 spiro atoms. The summed E-state index contributed by atoms with van der Waals surface area (Å²) in [7, 11) is 1.68. The van der Waals surface area contributed by atoms with E-state index in [0.29, 0.717) is 0 Å². The molecule has 0 aromatic heterocycles. The highest BCUT2D eigenvalue weighted by Gasteiger charge is 2.22. The Morgan fingerprint density at radius 3 is 2.41 bits per heavy atom. The molecule has 2 aromatic rings. The van der Waals surface area contributed by atoms with Crippen LogP contribution in [0.4, 0.5) is 10.5 Å². The molecule has 3 rings (SSSR count). The second kappa shape index (κ2) is 8.91. The fourth-order valence-corrected chi connectivity index (χ4v) is 3.49. The number of benzene rings is 2. The van der Waals surface area contributed by atoms with Gasteiger partial charge in [0.15, 0.2) is 0 Å². The Morgan fingerprint density at radius 1 is 1.07 bits per heavy atom. The number of aryl methyl sites for hydroxylation is 2. The van der Waals surface area contributed by atoms with Crippen molar-refractivity contribution in [1.29, 1.82) is 0 Å². The first-order valence-electron chi connectivity index (χ1n) is 9.60. The number of nitrogens with zero attached hydrogens (tertiary/aromatic N) is 2. The molecule has 27 heavy (non-hydrogen) atoms. The molecule has 0 aliphatic carbocycles. The zero-order valence-electron chi connectivity index (χ0n) is 16.5. The third kappa shape index (κ3) is 4.80. The summed E-state index contributed by atoms with van der Waals surface area (Å²) in [5, 5.41) is 3.13. The highest BCUT2D eigenvalue weighted by atomic mass is 16.5. The number of nitrogens with one attached hydrogen (secondary N) is 1. The van der Waals surface area contributed by atoms with Gasteiger partial charge < -0.3 is 15.0 Å². The van der Waals surface area contributed by atoms with Gasteiger partial charge in [0.05, 0.1) is 7.11 Å². The largest absolute Gasteiger partial charge is 0.497 e. The predicted molar refractivity (Wildman–Crippen MR) is 109 cm³/mol. The SMILES string of the molecule is CCc1cccc(C)c1NC(=O)N1CCN(Cc2ccc(OC)cc2)CC1. The van der Waals surface area contributed by atoms with Gasteiger partial charge >= 0.3 is 6.03 Å². The van der Waals surface area contributed by atoms with Crippen LogP contribution in [0.1, 0.15) is 23.6 Å². The van der Waals surface area contributed by atoms with Crippen LogP contribution in [0.15, 0.2) is 42.5 Å². The second-order valence-electron chi connectivity index (χ2n) is 7.00. The van der Waals surface area contributed by atoms with Crippen molar-refractivity contribution in [2.75, 3.05) is 38.6 Å². The van der Waals surface area contributed by atoms with Gasteiger partial charge in [-0.3, -0.25) is 4.90 Å². The summed E-state index contributed by atoms with van der Waals surface area (Å²) in [4.78, 5) is 17.0. The molecule has 2 aromatic carbocycles. The lowest BCUT2D eigenvalue weighted by Crippen LogP contribution is -2.49. The predicted octanol–water partition coefficient (Wildman–Crippen LogP) is 3.92. The minimum absolute atomic E-state index is 0.00287. The highest BCUT2D eigenvalue weighted by molar-refractivity contribution is 5.91. The molecular formula is C22H29N3O2. The maximum Gasteiger partial charge on any atom is 0.321 e. The Labute approximate surface area is 161 Å². The lowest BCUT2D eigenvalue weighted by atomic mass is 10.1. The molecule has 1 saturated heterocycles. The first-order chi connectivity index (χ1) is 13.1. The molecule has 1 fully saturated rings. The molecular weight excluding hydrogens is 338 g/mol. The van der Waals surface area contributed by atoms with Gasteiger partial charge in [-0.15, -0.1) is 0 Å². The number of amides is 2. The van der Waals surface area contributed by atoms with Gasteiger partial charge in [0, 0.05) is 38.4 Å². The molecule has 5 nitrogen and oxygen atoms in total. The molecule has 5 heteroatoms. The van der Waals surface area contributed by atoms with E-state index in [2.05, 4.69) is 35.3 Å². The number of rotatable bonds is 5. The lowest BCUT2D eigenvalue weighted by Gasteiger charge is -2.35. The Hall–Kier alpha value is -2.53. The number of methoxy groups -OCH3 is 1. The van der Waals surface area contributed by atoms with E-state index < -0.39 is 0 Å². The molecule has 1 aliphatic rings. The van der Waals surface area contributed by atoms with Crippen LogP contribution in [-0.2, 0) is 13.0 Å². The standard InChI is InChI=1S/C22H29N3O2/c1-4-19-7-5-6-17(2)21(19)23-22(26)25-14-12-24(13-15-25)16-18-8-10-20(27-3)11-9-18/h5-11H,4,12-16H2,1-3H3,(H,23,26). The third-order valence-corrected chi connectivity index (χ3v) is 5.20. The summed E-state index contributed by atoms with van der Waals surface area (Å²) < 4.78 is 5.21. The number of ether oxygens (including phenoxy) is 1. The number of para-hydroxylation sites is 1. The molecule has 1 aliphatic heterocycles. The lowest BCUT2D eigenvalue weighted by molar-refractivity contribution is 0.143. The van der Waals surface area contributed by atoms with Crippen LogP contribution < -0.4 is 10.1 Å². The Balaban J connectivity index is 1.53. The van der Waals surface area contributed by atoms with Crippen LogP contribution in [0.3, 0.4) is 0 Å². The summed E-state index contributed by atoms with van der Waals surface area (Å²) in [5.74, 6) is 0.878. The second-order valence-corrected chi connectivity index (χ2v) is 7.00. The van der Waals surface area contributed by atoms with Gasteiger partial charge in [0.2, 0.25) is 0 Å². The van der Waals surface area contributed by atoms with Gasteiger partial charge in [-0.05, 0) is 42.2 Å². The molecule has 0 radical (unpaired) electrons. The van der Waals surface area contributed by atoms with Crippen molar-refractivity contribution < 1.29 is 9.53 Å². The number of anilines is 1. The molecule has 0 saturated carbocycles. The number of carbonyl (C=O) groups excluding carboxylic acids is 1. The van der Waals surface area contributed by atoms with Crippen molar-refractivity contribution in [2.45, 2.75) is 26.8 Å². The van der Waals surface area contributed by atoms with Crippen molar-refractivity contribution in [3.8, 4) is 5.75 Å². The highest BCUT2D eigenvalue weighted by Crippen LogP contribution is 2.22. The van der Waals surface area contributed by atoms with Gasteiger partial charge in [0.25, 0.3) is 0 Å². The molecule has 0 atom stereocenters. The molecule has 0 bridgehead atoms. The summed E-state index contributed by atoms with van der Waals surface area (Å²) >= 11 is 0. The van der Waals surface area contributed by atoms with Gasteiger partial charge in [-0.1, -0.05) is 37.3 Å². The quantitative estimate of drug-likeness (QED) is 0.871. The monoisotopic (exact) mass is 367 g/mol. The van der Waals surface area contributed by atoms with Crippen LogP contribution in [0, 0.1) is 6.92 Å². The van der Waals surface area contributed by atoms with E-state index in [1.807, 2.05) is 36.1 Å². The van der Waals surface area contributed by atoms with E-state index in [9.17, 15) is 4.79 Å². The first kappa shape index (κ1) is 19.2. The van der Waals surface area contributed by atoms with E-state index in [1.165, 1.54) is 11.1 Å². The van der Waals surface area contributed by atoms with Crippen LogP contribution in [0.5, 0.6) is 5.75 Å². The average molecular weight is 367 g/mol. The van der Waals surface area contributed by atoms with Crippen molar-refractivity contribution in [2.24, 2.45) is 0 Å². The van der Waals surface area contributed by atoms with Crippen molar-refractivity contribution in [1.82, 2.24) is 9.80 Å². The minimum atomic E-state index is 0.00287. The van der Waals surface area contributed by atoms with E-state index >= 15 is 0 Å².